The molecule has 0 aliphatic heterocycles. The maximum Gasteiger partial charge on any atom is 0.305 e. The summed E-state index contributed by atoms with van der Waals surface area (Å²) < 4.78 is 5.93. The van der Waals surface area contributed by atoms with Crippen molar-refractivity contribution in [3.63, 3.8) is 0 Å². The van der Waals surface area contributed by atoms with Gasteiger partial charge < -0.3 is 20.2 Å². The summed E-state index contributed by atoms with van der Waals surface area (Å²) in [4.78, 5) is 27.5. The number of anilines is 1. The van der Waals surface area contributed by atoms with Crippen LogP contribution in [0.1, 0.15) is 54.1 Å². The minimum absolute atomic E-state index is 0.0976. The molecule has 36 heavy (non-hydrogen) atoms. The van der Waals surface area contributed by atoms with Crippen LogP contribution in [0.2, 0.25) is 0 Å². The number of oxazole rings is 1. The molecule has 0 spiro atoms. The molecule has 1 aliphatic carbocycles. The van der Waals surface area contributed by atoms with Gasteiger partial charge in [-0.1, -0.05) is 37.1 Å². The second-order valence-electron chi connectivity index (χ2n) is 9.25. The zero-order chi connectivity index (χ0) is 24.9. The van der Waals surface area contributed by atoms with E-state index in [4.69, 9.17) is 9.52 Å². The van der Waals surface area contributed by atoms with Crippen LogP contribution in [-0.2, 0) is 4.79 Å². The van der Waals surface area contributed by atoms with Gasteiger partial charge in [0.2, 0.25) is 5.89 Å². The molecule has 1 saturated carbocycles. The van der Waals surface area contributed by atoms with Crippen molar-refractivity contribution in [1.29, 1.82) is 0 Å². The van der Waals surface area contributed by atoms with Gasteiger partial charge in [-0.3, -0.25) is 9.59 Å². The molecule has 7 heteroatoms. The molecule has 4 aromatic rings. The minimum Gasteiger partial charge on any atom is -0.481 e. The molecule has 184 valence electrons. The van der Waals surface area contributed by atoms with E-state index in [9.17, 15) is 9.59 Å². The number of nitrogens with zero attached hydrogens (tertiary/aromatic N) is 1. The Labute approximate surface area is 209 Å². The van der Waals surface area contributed by atoms with Crippen molar-refractivity contribution >= 4 is 28.7 Å². The first-order valence-corrected chi connectivity index (χ1v) is 12.4. The molecular formula is C29H29N3O4. The molecule has 3 aromatic carbocycles. The smallest absolute Gasteiger partial charge is 0.305 e. The number of aliphatic carboxylic acids is 1. The number of amides is 1. The zero-order valence-corrected chi connectivity index (χ0v) is 19.9. The number of rotatable bonds is 9. The number of hydrogen-bond donors (Lipinski definition) is 3. The molecule has 0 radical (unpaired) electrons. The van der Waals surface area contributed by atoms with E-state index >= 15 is 0 Å². The van der Waals surface area contributed by atoms with E-state index in [0.717, 1.165) is 22.4 Å². The largest absolute Gasteiger partial charge is 0.481 e. The van der Waals surface area contributed by atoms with Crippen molar-refractivity contribution in [1.82, 2.24) is 10.3 Å². The lowest BCUT2D eigenvalue weighted by Gasteiger charge is -2.26. The van der Waals surface area contributed by atoms with Crippen LogP contribution in [-0.4, -0.2) is 28.5 Å². The van der Waals surface area contributed by atoms with Crippen molar-refractivity contribution in [3.8, 4) is 11.5 Å². The quantitative estimate of drug-likeness (QED) is 0.268. The topological polar surface area (TPSA) is 104 Å². The molecule has 1 fully saturated rings. The molecule has 0 unspecified atom stereocenters. The van der Waals surface area contributed by atoms with Crippen LogP contribution in [0.15, 0.2) is 77.2 Å². The van der Waals surface area contributed by atoms with E-state index in [-0.39, 0.29) is 24.9 Å². The zero-order valence-electron chi connectivity index (χ0n) is 19.9. The predicted molar refractivity (Wildman–Crippen MR) is 139 cm³/mol. The lowest BCUT2D eigenvalue weighted by molar-refractivity contribution is -0.136. The van der Waals surface area contributed by atoms with Crippen molar-refractivity contribution in [2.45, 2.75) is 38.1 Å². The fraction of sp³-hybridized carbons (Fsp3) is 0.276. The number of carbonyl (C=O) groups is 2. The van der Waals surface area contributed by atoms with Crippen LogP contribution in [0.25, 0.3) is 22.6 Å². The predicted octanol–water partition coefficient (Wildman–Crippen LogP) is 6.04. The van der Waals surface area contributed by atoms with E-state index in [1.54, 1.807) is 12.1 Å². The molecule has 1 heterocycles. The first-order valence-electron chi connectivity index (χ1n) is 12.4. The Balaban J connectivity index is 1.31. The molecule has 3 N–H and O–H groups in total. The second kappa shape index (κ2) is 10.6. The highest BCUT2D eigenvalue weighted by atomic mass is 16.4. The van der Waals surface area contributed by atoms with Gasteiger partial charge in [0.1, 0.15) is 5.52 Å². The van der Waals surface area contributed by atoms with Gasteiger partial charge in [-0.15, -0.1) is 0 Å². The van der Waals surface area contributed by atoms with Gasteiger partial charge in [0.15, 0.2) is 5.58 Å². The van der Waals surface area contributed by atoms with Crippen molar-refractivity contribution in [3.05, 3.63) is 83.9 Å². The van der Waals surface area contributed by atoms with E-state index in [2.05, 4.69) is 39.9 Å². The number of fused-ring (bicyclic) bond motifs is 1. The van der Waals surface area contributed by atoms with E-state index in [0.29, 0.717) is 17.4 Å². The summed E-state index contributed by atoms with van der Waals surface area (Å²) in [7, 11) is 0. The Kier molecular flexibility index (Phi) is 6.98. The first-order chi connectivity index (χ1) is 17.6. The van der Waals surface area contributed by atoms with Crippen LogP contribution >= 0.6 is 0 Å². The van der Waals surface area contributed by atoms with Gasteiger partial charge in [0.25, 0.3) is 5.91 Å². The minimum atomic E-state index is -0.935. The molecular weight excluding hydrogens is 454 g/mol. The van der Waals surface area contributed by atoms with Gasteiger partial charge in [-0.2, -0.15) is 0 Å². The monoisotopic (exact) mass is 483 g/mol. The average Bonchev–Trinajstić information content (AvgIpc) is 3.58. The van der Waals surface area contributed by atoms with Crippen molar-refractivity contribution < 1.29 is 19.1 Å². The van der Waals surface area contributed by atoms with Gasteiger partial charge in [0, 0.05) is 23.4 Å². The molecule has 0 bridgehead atoms. The molecule has 1 atom stereocenters. The highest BCUT2D eigenvalue weighted by molar-refractivity contribution is 5.94. The van der Waals surface area contributed by atoms with Crippen LogP contribution in [0.4, 0.5) is 5.69 Å². The van der Waals surface area contributed by atoms with Gasteiger partial charge in [0.05, 0.1) is 12.5 Å². The molecule has 1 amide bonds. The molecule has 1 aromatic heterocycles. The number of aromatic nitrogens is 1. The van der Waals surface area contributed by atoms with Crippen LogP contribution < -0.4 is 10.6 Å². The summed E-state index contributed by atoms with van der Waals surface area (Å²) in [6, 6.07) is 23.7. The average molecular weight is 484 g/mol. The van der Waals surface area contributed by atoms with Crippen LogP contribution in [0.5, 0.6) is 0 Å². The number of benzene rings is 3. The SMILES string of the molecule is O=C(O)CCNC(=O)c1ccc(N[C@@H](c2ccc(-c3nc4ccccc4o3)cc2)C2CCCC2)cc1. The summed E-state index contributed by atoms with van der Waals surface area (Å²) in [5.41, 5.74) is 5.22. The van der Waals surface area contributed by atoms with E-state index < -0.39 is 5.97 Å². The molecule has 5 rings (SSSR count). The van der Waals surface area contributed by atoms with Crippen molar-refractivity contribution in [2.75, 3.05) is 11.9 Å². The Hall–Kier alpha value is -4.13. The van der Waals surface area contributed by atoms with Gasteiger partial charge in [-0.25, -0.2) is 4.98 Å². The number of carbonyl (C=O) groups excluding carboxylic acids is 1. The Bertz CT molecular complexity index is 1310. The summed E-state index contributed by atoms with van der Waals surface area (Å²) in [5, 5.41) is 15.1. The first kappa shape index (κ1) is 23.6. The normalized spacial score (nSPS) is 14.6. The highest BCUT2D eigenvalue weighted by Crippen LogP contribution is 2.38. The maximum atomic E-state index is 12.3. The third kappa shape index (κ3) is 5.40. The highest BCUT2D eigenvalue weighted by Gasteiger charge is 2.26. The lowest BCUT2D eigenvalue weighted by atomic mass is 9.90. The molecule has 0 saturated heterocycles. The summed E-state index contributed by atoms with van der Waals surface area (Å²) in [5.74, 6) is -0.0656. The molecule has 1 aliphatic rings. The van der Waals surface area contributed by atoms with Gasteiger partial charge in [-0.05, 0) is 72.9 Å². The second-order valence-corrected chi connectivity index (χ2v) is 9.25. The summed E-state index contributed by atoms with van der Waals surface area (Å²) >= 11 is 0. The van der Waals surface area contributed by atoms with Crippen LogP contribution in [0.3, 0.4) is 0 Å². The number of hydrogen-bond acceptors (Lipinski definition) is 5. The summed E-state index contributed by atoms with van der Waals surface area (Å²) in [6.45, 7) is 0.109. The van der Waals surface area contributed by atoms with Crippen molar-refractivity contribution in [2.24, 2.45) is 5.92 Å². The fourth-order valence-electron chi connectivity index (χ4n) is 4.88. The van der Waals surface area contributed by atoms with E-state index in [1.165, 1.54) is 31.2 Å². The third-order valence-electron chi connectivity index (χ3n) is 6.78. The standard InChI is InChI=1S/C29H29N3O4/c33-26(34)17-18-30-28(35)21-13-15-23(16-14-21)31-27(19-5-1-2-6-19)20-9-11-22(12-10-20)29-32-24-7-3-4-8-25(24)36-29/h3-4,7-16,19,27,31H,1-2,5-6,17-18H2,(H,30,35)(H,33,34)/t27-/m1/s1. The fourth-order valence-corrected chi connectivity index (χ4v) is 4.88. The third-order valence-corrected chi connectivity index (χ3v) is 6.78. The molecule has 7 nitrogen and oxygen atoms in total. The Morgan fingerprint density at radius 3 is 2.39 bits per heavy atom. The number of para-hydroxylation sites is 2. The van der Waals surface area contributed by atoms with E-state index in [1.807, 2.05) is 36.4 Å². The maximum absolute atomic E-state index is 12.3. The summed E-state index contributed by atoms with van der Waals surface area (Å²) in [6.07, 6.45) is 4.72. The number of carboxylic acids is 1. The number of carboxylic acid groups (broad SMARTS) is 1. The lowest BCUT2D eigenvalue weighted by Crippen LogP contribution is -2.26. The Morgan fingerprint density at radius 2 is 1.69 bits per heavy atom. The van der Waals surface area contributed by atoms with Crippen LogP contribution in [0, 0.1) is 5.92 Å². The number of nitrogens with one attached hydrogen (secondary N) is 2. The van der Waals surface area contributed by atoms with Gasteiger partial charge >= 0.3 is 5.97 Å². The Morgan fingerprint density at radius 1 is 0.972 bits per heavy atom.